The van der Waals surface area contributed by atoms with E-state index >= 15 is 0 Å². The van der Waals surface area contributed by atoms with Gasteiger partial charge >= 0.3 is 0 Å². The van der Waals surface area contributed by atoms with Gasteiger partial charge in [-0.1, -0.05) is 12.8 Å². The maximum Gasteiger partial charge on any atom is 0.0166 e. The molecule has 1 heterocycles. The quantitative estimate of drug-likeness (QED) is 0.765. The maximum atomic E-state index is 6.39. The number of rotatable bonds is 6. The van der Waals surface area contributed by atoms with Crippen molar-refractivity contribution in [1.82, 2.24) is 9.80 Å². The fraction of sp³-hybridized carbons (Fsp3) is 1.00. The summed E-state index contributed by atoms with van der Waals surface area (Å²) in [7, 11) is 2.24. The lowest BCUT2D eigenvalue weighted by Crippen LogP contribution is -2.41. The van der Waals surface area contributed by atoms with Gasteiger partial charge in [-0.2, -0.15) is 0 Å². The predicted octanol–water partition coefficient (Wildman–Crippen LogP) is 1.68. The first-order valence-corrected chi connectivity index (χ1v) is 7.38. The van der Waals surface area contributed by atoms with Crippen molar-refractivity contribution in [3.8, 4) is 0 Å². The third-order valence-electron chi connectivity index (χ3n) is 4.59. The lowest BCUT2D eigenvalue weighted by atomic mass is 9.94. The molecule has 0 radical (unpaired) electrons. The molecule has 1 aliphatic carbocycles. The van der Waals surface area contributed by atoms with E-state index in [1.54, 1.807) is 0 Å². The summed E-state index contributed by atoms with van der Waals surface area (Å²) >= 11 is 0. The minimum absolute atomic E-state index is 0.169. The van der Waals surface area contributed by atoms with Gasteiger partial charge in [0.15, 0.2) is 0 Å². The van der Waals surface area contributed by atoms with Crippen LogP contribution in [0.25, 0.3) is 0 Å². The molecule has 0 amide bonds. The molecular weight excluding hydrogens is 210 g/mol. The third kappa shape index (κ3) is 4.23. The summed E-state index contributed by atoms with van der Waals surface area (Å²) in [5, 5.41) is 0. The largest absolute Gasteiger partial charge is 0.325 e. The van der Waals surface area contributed by atoms with Crippen molar-refractivity contribution >= 4 is 0 Å². The molecule has 2 rings (SSSR count). The van der Waals surface area contributed by atoms with Crippen LogP contribution in [0.15, 0.2) is 0 Å². The van der Waals surface area contributed by atoms with E-state index in [4.69, 9.17) is 5.73 Å². The molecule has 17 heavy (non-hydrogen) atoms. The Kier molecular flexibility index (Phi) is 4.83. The van der Waals surface area contributed by atoms with E-state index < -0.39 is 0 Å². The van der Waals surface area contributed by atoms with Crippen LogP contribution in [0.3, 0.4) is 0 Å². The molecule has 2 fully saturated rings. The zero-order chi connectivity index (χ0) is 12.1. The Morgan fingerprint density at radius 1 is 1.06 bits per heavy atom. The number of hydrogen-bond donors (Lipinski definition) is 1. The van der Waals surface area contributed by atoms with Crippen molar-refractivity contribution in [2.45, 2.75) is 50.5 Å². The molecule has 2 N–H and O–H groups in total. The number of likely N-dealkylation sites (N-methyl/N-ethyl adjacent to an activating group) is 1. The van der Waals surface area contributed by atoms with Gasteiger partial charge in [-0.3, -0.25) is 0 Å². The first kappa shape index (κ1) is 13.3. The number of likely N-dealkylation sites (tertiary alicyclic amines) is 1. The molecule has 1 aliphatic heterocycles. The van der Waals surface area contributed by atoms with E-state index in [1.165, 1.54) is 77.7 Å². The molecule has 0 spiro atoms. The summed E-state index contributed by atoms with van der Waals surface area (Å²) in [6.07, 6.45) is 9.15. The van der Waals surface area contributed by atoms with Gasteiger partial charge in [0.25, 0.3) is 0 Å². The number of hydrogen-bond acceptors (Lipinski definition) is 3. The second kappa shape index (κ2) is 6.17. The number of nitrogens with two attached hydrogens (primary N) is 1. The second-order valence-electron chi connectivity index (χ2n) is 6.17. The molecule has 1 saturated heterocycles. The van der Waals surface area contributed by atoms with Crippen LogP contribution in [-0.2, 0) is 0 Å². The van der Waals surface area contributed by atoms with Crippen molar-refractivity contribution in [3.05, 3.63) is 0 Å². The Hall–Kier alpha value is -0.120. The molecule has 2 aliphatic rings. The molecule has 0 atom stereocenters. The Labute approximate surface area is 106 Å². The van der Waals surface area contributed by atoms with Crippen LogP contribution >= 0.6 is 0 Å². The number of nitrogens with zero attached hydrogens (tertiary/aromatic N) is 2. The summed E-state index contributed by atoms with van der Waals surface area (Å²) < 4.78 is 0. The minimum Gasteiger partial charge on any atom is -0.325 e. The topological polar surface area (TPSA) is 32.5 Å². The highest BCUT2D eigenvalue weighted by atomic mass is 15.2. The molecule has 0 aromatic rings. The van der Waals surface area contributed by atoms with Gasteiger partial charge in [-0.15, -0.1) is 0 Å². The monoisotopic (exact) mass is 239 g/mol. The van der Waals surface area contributed by atoms with Gasteiger partial charge in [-0.25, -0.2) is 0 Å². The molecule has 0 aromatic carbocycles. The van der Waals surface area contributed by atoms with E-state index in [9.17, 15) is 0 Å². The predicted molar refractivity (Wildman–Crippen MR) is 73.2 cm³/mol. The molecule has 3 heteroatoms. The van der Waals surface area contributed by atoms with Gasteiger partial charge in [0.1, 0.15) is 0 Å². The highest BCUT2D eigenvalue weighted by Gasteiger charge is 2.28. The maximum absolute atomic E-state index is 6.39. The fourth-order valence-electron chi connectivity index (χ4n) is 3.17. The lowest BCUT2D eigenvalue weighted by Gasteiger charge is -2.27. The zero-order valence-electron chi connectivity index (χ0n) is 11.5. The average Bonchev–Trinajstić information content (AvgIpc) is 2.95. The van der Waals surface area contributed by atoms with Crippen molar-refractivity contribution < 1.29 is 0 Å². The van der Waals surface area contributed by atoms with Crippen LogP contribution in [-0.4, -0.2) is 55.1 Å². The van der Waals surface area contributed by atoms with E-state index in [2.05, 4.69) is 16.8 Å². The van der Waals surface area contributed by atoms with Crippen molar-refractivity contribution in [3.63, 3.8) is 0 Å². The van der Waals surface area contributed by atoms with Gasteiger partial charge in [-0.05, 0) is 58.8 Å². The van der Waals surface area contributed by atoms with Gasteiger partial charge < -0.3 is 15.5 Å². The van der Waals surface area contributed by atoms with Gasteiger partial charge in [0.2, 0.25) is 0 Å². The van der Waals surface area contributed by atoms with Gasteiger partial charge in [0.05, 0.1) is 0 Å². The highest BCUT2D eigenvalue weighted by molar-refractivity contribution is 4.89. The van der Waals surface area contributed by atoms with Crippen molar-refractivity contribution in [2.75, 3.05) is 39.8 Å². The second-order valence-corrected chi connectivity index (χ2v) is 6.17. The third-order valence-corrected chi connectivity index (χ3v) is 4.59. The highest BCUT2D eigenvalue weighted by Crippen LogP contribution is 2.29. The fourth-order valence-corrected chi connectivity index (χ4v) is 3.17. The summed E-state index contributed by atoms with van der Waals surface area (Å²) in [6.45, 7) is 6.25. The lowest BCUT2D eigenvalue weighted by molar-refractivity contribution is 0.236. The van der Waals surface area contributed by atoms with E-state index in [1.807, 2.05) is 0 Å². The average molecular weight is 239 g/mol. The Balaban J connectivity index is 1.58. The molecule has 100 valence electrons. The first-order chi connectivity index (χ1) is 8.18. The summed E-state index contributed by atoms with van der Waals surface area (Å²) in [5.41, 5.74) is 6.56. The SMILES string of the molecule is CN(CCN1CCCC1)CCC1(N)CCCC1. The Morgan fingerprint density at radius 2 is 1.71 bits per heavy atom. The normalized spacial score (nSPS) is 24.9. The molecule has 0 aromatic heterocycles. The molecule has 1 saturated carbocycles. The smallest absolute Gasteiger partial charge is 0.0166 e. The Bertz CT molecular complexity index is 218. The van der Waals surface area contributed by atoms with Crippen LogP contribution in [0.4, 0.5) is 0 Å². The van der Waals surface area contributed by atoms with Crippen LogP contribution < -0.4 is 5.73 Å². The molecule has 0 bridgehead atoms. The summed E-state index contributed by atoms with van der Waals surface area (Å²) in [6, 6.07) is 0. The van der Waals surface area contributed by atoms with Crippen molar-refractivity contribution in [2.24, 2.45) is 5.73 Å². The standard InChI is InChI=1S/C14H29N3/c1-16(12-13-17-9-4-5-10-17)11-8-14(15)6-2-3-7-14/h2-13,15H2,1H3. The Morgan fingerprint density at radius 3 is 2.35 bits per heavy atom. The van der Waals surface area contributed by atoms with E-state index in [0.29, 0.717) is 0 Å². The first-order valence-electron chi connectivity index (χ1n) is 7.38. The summed E-state index contributed by atoms with van der Waals surface area (Å²) in [4.78, 5) is 5.05. The van der Waals surface area contributed by atoms with Crippen LogP contribution in [0.5, 0.6) is 0 Å². The van der Waals surface area contributed by atoms with Gasteiger partial charge in [0, 0.05) is 18.6 Å². The zero-order valence-corrected chi connectivity index (χ0v) is 11.5. The molecule has 3 nitrogen and oxygen atoms in total. The van der Waals surface area contributed by atoms with Crippen LogP contribution in [0.1, 0.15) is 44.9 Å². The van der Waals surface area contributed by atoms with E-state index in [0.717, 1.165) is 0 Å². The summed E-state index contributed by atoms with van der Waals surface area (Å²) in [5.74, 6) is 0. The van der Waals surface area contributed by atoms with Crippen LogP contribution in [0, 0.1) is 0 Å². The van der Waals surface area contributed by atoms with E-state index in [-0.39, 0.29) is 5.54 Å². The molecule has 0 unspecified atom stereocenters. The van der Waals surface area contributed by atoms with Crippen molar-refractivity contribution in [1.29, 1.82) is 0 Å². The minimum atomic E-state index is 0.169. The molecular formula is C14H29N3. The van der Waals surface area contributed by atoms with Crippen LogP contribution in [0.2, 0.25) is 0 Å².